The van der Waals surface area contributed by atoms with Crippen LogP contribution in [0.2, 0.25) is 0 Å². The first-order valence-corrected chi connectivity index (χ1v) is 10.5. The van der Waals surface area contributed by atoms with Crippen LogP contribution in [0.25, 0.3) is 0 Å². The van der Waals surface area contributed by atoms with Crippen molar-refractivity contribution in [1.82, 2.24) is 9.97 Å². The Morgan fingerprint density at radius 3 is 2.70 bits per heavy atom. The van der Waals surface area contributed by atoms with Gasteiger partial charge in [-0.2, -0.15) is 18.4 Å². The fourth-order valence-corrected chi connectivity index (χ4v) is 5.74. The van der Waals surface area contributed by atoms with Crippen LogP contribution in [0.5, 0.6) is 0 Å². The number of aromatic nitrogens is 2. The number of aldehydes is 1. The minimum absolute atomic E-state index is 0.0118. The van der Waals surface area contributed by atoms with Crippen molar-refractivity contribution < 1.29 is 22.2 Å². The second-order valence-electron chi connectivity index (χ2n) is 7.38. The molecule has 1 unspecified atom stereocenters. The maximum Gasteiger partial charge on any atom is 0.417 e. The molecule has 0 bridgehead atoms. The van der Waals surface area contributed by atoms with E-state index in [4.69, 9.17) is 0 Å². The molecule has 4 rings (SSSR count). The van der Waals surface area contributed by atoms with E-state index in [0.717, 1.165) is 42.7 Å². The SMILES string of the molecule is N#Cc1nc2c(c(N3CC[C@@](C=O)(S(=O)c4ccccc4C(F)(F)F)C3)n1)CCC2. The van der Waals surface area contributed by atoms with Gasteiger partial charge in [0.2, 0.25) is 5.82 Å². The fourth-order valence-electron chi connectivity index (χ4n) is 4.08. The van der Waals surface area contributed by atoms with Crippen LogP contribution in [0.3, 0.4) is 0 Å². The van der Waals surface area contributed by atoms with Crippen LogP contribution in [0.15, 0.2) is 29.2 Å². The third-order valence-corrected chi connectivity index (χ3v) is 7.47. The number of rotatable bonds is 4. The summed E-state index contributed by atoms with van der Waals surface area (Å²) in [4.78, 5) is 21.9. The first kappa shape index (κ1) is 20.5. The largest absolute Gasteiger partial charge is 0.417 e. The van der Waals surface area contributed by atoms with Crippen LogP contribution in [0.4, 0.5) is 19.0 Å². The van der Waals surface area contributed by atoms with E-state index in [1.807, 2.05) is 6.07 Å². The number of fused-ring (bicyclic) bond motifs is 1. The Morgan fingerprint density at radius 1 is 1.23 bits per heavy atom. The number of carbonyl (C=O) groups excluding carboxylic acids is 1. The Kier molecular flexibility index (Phi) is 5.10. The summed E-state index contributed by atoms with van der Waals surface area (Å²) < 4.78 is 52.0. The van der Waals surface area contributed by atoms with Gasteiger partial charge in [-0.05, 0) is 37.8 Å². The number of alkyl halides is 3. The topological polar surface area (TPSA) is 87.0 Å². The molecule has 0 saturated carbocycles. The predicted octanol–water partition coefficient (Wildman–Crippen LogP) is 2.81. The number of halogens is 3. The van der Waals surface area contributed by atoms with Crippen molar-refractivity contribution in [1.29, 1.82) is 5.26 Å². The standard InChI is InChI=1S/C20H17F3N4O2S/c21-20(22,23)14-5-1-2-7-16(14)30(29)19(12-28)8-9-27(11-19)18-13-4-3-6-15(13)25-17(10-24)26-18/h1-2,5,7,12H,3-4,6,8-9,11H2/t19-,30?/m1/s1. The maximum atomic E-state index is 13.4. The van der Waals surface area contributed by atoms with Gasteiger partial charge in [0.05, 0.1) is 27.0 Å². The predicted molar refractivity (Wildman–Crippen MR) is 102 cm³/mol. The summed E-state index contributed by atoms with van der Waals surface area (Å²) in [7, 11) is -2.21. The van der Waals surface area contributed by atoms with Crippen LogP contribution in [-0.4, -0.2) is 38.3 Å². The number of carbonyl (C=O) groups is 1. The molecule has 10 heteroatoms. The molecule has 0 spiro atoms. The van der Waals surface area contributed by atoms with E-state index in [9.17, 15) is 27.4 Å². The van der Waals surface area contributed by atoms with Crippen molar-refractivity contribution in [2.45, 2.75) is 41.5 Å². The van der Waals surface area contributed by atoms with E-state index in [-0.39, 0.29) is 18.8 Å². The van der Waals surface area contributed by atoms with Gasteiger partial charge < -0.3 is 9.69 Å². The molecule has 0 radical (unpaired) electrons. The number of anilines is 1. The van der Waals surface area contributed by atoms with Crippen molar-refractivity contribution in [3.8, 4) is 6.07 Å². The van der Waals surface area contributed by atoms with Crippen molar-refractivity contribution in [2.24, 2.45) is 0 Å². The number of nitriles is 1. The van der Waals surface area contributed by atoms with Gasteiger partial charge in [0.15, 0.2) is 0 Å². The molecule has 6 nitrogen and oxygen atoms in total. The highest BCUT2D eigenvalue weighted by molar-refractivity contribution is 7.87. The van der Waals surface area contributed by atoms with E-state index in [1.165, 1.54) is 12.1 Å². The summed E-state index contributed by atoms with van der Waals surface area (Å²) in [6.07, 6.45) is -1.75. The lowest BCUT2D eigenvalue weighted by Crippen LogP contribution is -2.40. The number of nitrogens with zero attached hydrogens (tertiary/aromatic N) is 4. The highest BCUT2D eigenvalue weighted by Crippen LogP contribution is 2.40. The molecule has 1 aliphatic heterocycles. The first-order chi connectivity index (χ1) is 14.3. The summed E-state index contributed by atoms with van der Waals surface area (Å²) in [5, 5.41) is 9.22. The molecule has 1 fully saturated rings. The van der Waals surface area contributed by atoms with Crippen molar-refractivity contribution in [3.63, 3.8) is 0 Å². The van der Waals surface area contributed by atoms with Crippen LogP contribution in [0, 0.1) is 11.3 Å². The van der Waals surface area contributed by atoms with Gasteiger partial charge in [-0.25, -0.2) is 9.97 Å². The van der Waals surface area contributed by atoms with Gasteiger partial charge >= 0.3 is 6.18 Å². The summed E-state index contributed by atoms with van der Waals surface area (Å²) in [5.74, 6) is 0.525. The van der Waals surface area contributed by atoms with Crippen LogP contribution >= 0.6 is 0 Å². The zero-order valence-corrected chi connectivity index (χ0v) is 16.6. The minimum atomic E-state index is -4.68. The molecule has 2 aromatic rings. The van der Waals surface area contributed by atoms with Crippen molar-refractivity contribution in [3.05, 3.63) is 46.9 Å². The van der Waals surface area contributed by atoms with E-state index in [1.54, 1.807) is 4.90 Å². The zero-order valence-electron chi connectivity index (χ0n) is 15.8. The van der Waals surface area contributed by atoms with E-state index in [0.29, 0.717) is 18.6 Å². The van der Waals surface area contributed by atoms with Crippen molar-refractivity contribution in [2.75, 3.05) is 18.0 Å². The van der Waals surface area contributed by atoms with Crippen LogP contribution < -0.4 is 4.90 Å². The minimum Gasteiger partial charge on any atom is -0.354 e. The highest BCUT2D eigenvalue weighted by Gasteiger charge is 2.47. The van der Waals surface area contributed by atoms with Gasteiger partial charge in [-0.15, -0.1) is 0 Å². The Bertz CT molecular complexity index is 1080. The number of aryl methyl sites for hydroxylation is 1. The van der Waals surface area contributed by atoms with Crippen LogP contribution in [0.1, 0.15) is 35.5 Å². The second-order valence-corrected chi connectivity index (χ2v) is 9.17. The summed E-state index contributed by atoms with van der Waals surface area (Å²) >= 11 is 0. The van der Waals surface area contributed by atoms with Gasteiger partial charge in [0.25, 0.3) is 0 Å². The maximum absolute atomic E-state index is 13.4. The molecule has 0 N–H and O–H groups in total. The fraction of sp³-hybridized carbons (Fsp3) is 0.400. The lowest BCUT2D eigenvalue weighted by molar-refractivity contribution is -0.139. The summed E-state index contributed by atoms with van der Waals surface area (Å²) in [6, 6.07) is 6.56. The normalized spacial score (nSPS) is 21.9. The van der Waals surface area contributed by atoms with Crippen LogP contribution in [-0.2, 0) is 34.6 Å². The summed E-state index contributed by atoms with van der Waals surface area (Å²) in [6.45, 7) is 0.261. The Morgan fingerprint density at radius 2 is 2.00 bits per heavy atom. The third-order valence-electron chi connectivity index (χ3n) is 5.55. The smallest absolute Gasteiger partial charge is 0.354 e. The second kappa shape index (κ2) is 7.47. The number of hydrogen-bond donors (Lipinski definition) is 0. The molecule has 2 atom stereocenters. The zero-order chi connectivity index (χ0) is 21.5. The quantitative estimate of drug-likeness (QED) is 0.688. The molecular formula is C20H17F3N4O2S. The Labute approximate surface area is 173 Å². The molecule has 1 aromatic heterocycles. The first-order valence-electron chi connectivity index (χ1n) is 9.38. The Hall–Kier alpha value is -2.80. The third kappa shape index (κ3) is 3.37. The average Bonchev–Trinajstić information content (AvgIpc) is 3.39. The molecule has 1 aromatic carbocycles. The molecule has 30 heavy (non-hydrogen) atoms. The van der Waals surface area contributed by atoms with Gasteiger partial charge in [-0.1, -0.05) is 12.1 Å². The number of benzene rings is 1. The lowest BCUT2D eigenvalue weighted by Gasteiger charge is -2.25. The van der Waals surface area contributed by atoms with Gasteiger partial charge in [0, 0.05) is 18.7 Å². The van der Waals surface area contributed by atoms with E-state index in [2.05, 4.69) is 9.97 Å². The lowest BCUT2D eigenvalue weighted by atomic mass is 10.1. The van der Waals surface area contributed by atoms with E-state index < -0.39 is 32.2 Å². The summed E-state index contributed by atoms with van der Waals surface area (Å²) in [5.41, 5.74) is 0.665. The number of hydrogen-bond acceptors (Lipinski definition) is 6. The monoisotopic (exact) mass is 434 g/mol. The van der Waals surface area contributed by atoms with Gasteiger partial charge in [-0.3, -0.25) is 4.21 Å². The molecule has 0 amide bonds. The molecule has 156 valence electrons. The molecule has 1 saturated heterocycles. The molecule has 2 aliphatic rings. The highest BCUT2D eigenvalue weighted by atomic mass is 32.2. The molecule has 2 heterocycles. The van der Waals surface area contributed by atoms with Crippen molar-refractivity contribution >= 4 is 22.9 Å². The van der Waals surface area contributed by atoms with E-state index >= 15 is 0 Å². The average molecular weight is 434 g/mol. The molecular weight excluding hydrogens is 417 g/mol. The Balaban J connectivity index is 1.71. The molecule has 1 aliphatic carbocycles. The van der Waals surface area contributed by atoms with Gasteiger partial charge in [0.1, 0.15) is 22.9 Å².